The zero-order valence-electron chi connectivity index (χ0n) is 13.8. The van der Waals surface area contributed by atoms with E-state index in [-0.39, 0.29) is 21.9 Å². The Morgan fingerprint density at radius 3 is 2.22 bits per heavy atom. The minimum absolute atomic E-state index is 0.0182. The van der Waals surface area contributed by atoms with E-state index in [1.54, 1.807) is 6.07 Å². The van der Waals surface area contributed by atoms with Crippen molar-refractivity contribution in [2.75, 3.05) is 13.7 Å². The van der Waals surface area contributed by atoms with Gasteiger partial charge in [0, 0.05) is 10.0 Å². The molecule has 0 radical (unpaired) electrons. The van der Waals surface area contributed by atoms with Crippen LogP contribution < -0.4 is 15.6 Å². The van der Waals surface area contributed by atoms with Gasteiger partial charge in [-0.1, -0.05) is 34.8 Å². The van der Waals surface area contributed by atoms with Crippen molar-refractivity contribution in [3.05, 3.63) is 62.6 Å². The summed E-state index contributed by atoms with van der Waals surface area (Å²) in [5, 5.41) is 0.740. The lowest BCUT2D eigenvalue weighted by molar-refractivity contribution is -0.125. The molecule has 142 valence electrons. The molecule has 0 aliphatic carbocycles. The lowest BCUT2D eigenvalue weighted by atomic mass is 10.2. The van der Waals surface area contributed by atoms with E-state index in [4.69, 9.17) is 44.3 Å². The van der Waals surface area contributed by atoms with E-state index in [9.17, 15) is 14.4 Å². The van der Waals surface area contributed by atoms with Crippen LogP contribution in [0.4, 0.5) is 0 Å². The summed E-state index contributed by atoms with van der Waals surface area (Å²) in [5.74, 6) is -1.99. The van der Waals surface area contributed by atoms with Gasteiger partial charge in [0.2, 0.25) is 0 Å². The van der Waals surface area contributed by atoms with Crippen LogP contribution in [0.2, 0.25) is 15.1 Å². The molecule has 0 fully saturated rings. The van der Waals surface area contributed by atoms with Gasteiger partial charge in [-0.15, -0.1) is 0 Å². The number of carbonyl (C=O) groups is 3. The Morgan fingerprint density at radius 1 is 0.926 bits per heavy atom. The Labute approximate surface area is 169 Å². The average Bonchev–Trinajstić information content (AvgIpc) is 2.65. The van der Waals surface area contributed by atoms with E-state index in [0.717, 1.165) is 0 Å². The minimum atomic E-state index is -0.833. The molecule has 2 N–H and O–H groups in total. The fraction of sp³-hybridized carbons (Fsp3) is 0.118. The van der Waals surface area contributed by atoms with E-state index in [0.29, 0.717) is 10.0 Å². The van der Waals surface area contributed by atoms with Crippen molar-refractivity contribution in [2.45, 2.75) is 0 Å². The fourth-order valence-corrected chi connectivity index (χ4v) is 2.49. The molecule has 0 unspecified atom stereocenters. The van der Waals surface area contributed by atoms with Crippen molar-refractivity contribution in [1.82, 2.24) is 10.9 Å². The third-order valence-corrected chi connectivity index (χ3v) is 4.00. The smallest absolute Gasteiger partial charge is 0.340 e. The van der Waals surface area contributed by atoms with Gasteiger partial charge in [-0.2, -0.15) is 0 Å². The zero-order valence-corrected chi connectivity index (χ0v) is 16.1. The van der Waals surface area contributed by atoms with E-state index < -0.39 is 24.4 Å². The molecule has 2 aromatic carbocycles. The Hall–Kier alpha value is -2.48. The van der Waals surface area contributed by atoms with E-state index in [2.05, 4.69) is 10.9 Å². The molecule has 27 heavy (non-hydrogen) atoms. The number of hydrazine groups is 1. The number of hydrogen-bond acceptors (Lipinski definition) is 5. The van der Waals surface area contributed by atoms with Gasteiger partial charge in [-0.3, -0.25) is 20.4 Å². The molecule has 2 aromatic rings. The number of rotatable bonds is 5. The molecule has 7 nitrogen and oxygen atoms in total. The van der Waals surface area contributed by atoms with Crippen LogP contribution >= 0.6 is 34.8 Å². The van der Waals surface area contributed by atoms with Crippen LogP contribution in [-0.2, 0) is 9.53 Å². The Balaban J connectivity index is 1.89. The van der Waals surface area contributed by atoms with Crippen molar-refractivity contribution in [2.24, 2.45) is 0 Å². The topological polar surface area (TPSA) is 93.7 Å². The molecule has 0 bridgehead atoms. The summed E-state index contributed by atoms with van der Waals surface area (Å²) in [6.45, 7) is -0.644. The van der Waals surface area contributed by atoms with Crippen molar-refractivity contribution >= 4 is 52.6 Å². The van der Waals surface area contributed by atoms with Gasteiger partial charge in [-0.25, -0.2) is 4.79 Å². The van der Waals surface area contributed by atoms with Crippen molar-refractivity contribution in [1.29, 1.82) is 0 Å². The summed E-state index contributed by atoms with van der Waals surface area (Å²) in [7, 11) is 1.39. The fourth-order valence-electron chi connectivity index (χ4n) is 1.95. The van der Waals surface area contributed by atoms with Gasteiger partial charge in [-0.05, 0) is 36.4 Å². The molecule has 0 aliphatic rings. The number of nitrogens with one attached hydrogen (secondary N) is 2. The summed E-state index contributed by atoms with van der Waals surface area (Å²) in [5.41, 5.74) is 4.42. The number of hydrogen-bond donors (Lipinski definition) is 2. The highest BCUT2D eigenvalue weighted by Gasteiger charge is 2.16. The van der Waals surface area contributed by atoms with E-state index in [1.807, 2.05) is 0 Å². The van der Waals surface area contributed by atoms with Crippen LogP contribution in [0.3, 0.4) is 0 Å². The summed E-state index contributed by atoms with van der Waals surface area (Å²) in [4.78, 5) is 35.8. The SMILES string of the molecule is COc1ccc(Cl)cc1C(=O)NNC(=O)COC(=O)c1cc(Cl)ccc1Cl. The number of ether oxygens (including phenoxy) is 2. The number of esters is 1. The van der Waals surface area contributed by atoms with Gasteiger partial charge in [0.1, 0.15) is 5.75 Å². The summed E-state index contributed by atoms with van der Waals surface area (Å²) in [6, 6.07) is 8.69. The second-order valence-corrected chi connectivity index (χ2v) is 6.33. The molecular formula is C17H13Cl3N2O5. The number of carbonyl (C=O) groups excluding carboxylic acids is 3. The largest absolute Gasteiger partial charge is 0.496 e. The molecule has 0 spiro atoms. The van der Waals surface area contributed by atoms with Gasteiger partial charge in [0.25, 0.3) is 11.8 Å². The lowest BCUT2D eigenvalue weighted by Gasteiger charge is -2.11. The number of benzene rings is 2. The first-order valence-electron chi connectivity index (χ1n) is 7.36. The first-order valence-corrected chi connectivity index (χ1v) is 8.50. The average molecular weight is 432 g/mol. The normalized spacial score (nSPS) is 10.1. The monoisotopic (exact) mass is 430 g/mol. The van der Waals surface area contributed by atoms with Crippen molar-refractivity contribution < 1.29 is 23.9 Å². The third-order valence-electron chi connectivity index (χ3n) is 3.20. The molecular weight excluding hydrogens is 419 g/mol. The quantitative estimate of drug-likeness (QED) is 0.560. The molecule has 10 heteroatoms. The van der Waals surface area contributed by atoms with Crippen molar-refractivity contribution in [3.63, 3.8) is 0 Å². The van der Waals surface area contributed by atoms with Crippen molar-refractivity contribution in [3.8, 4) is 5.75 Å². The molecule has 2 amide bonds. The second-order valence-electron chi connectivity index (χ2n) is 5.05. The zero-order chi connectivity index (χ0) is 20.0. The van der Waals surface area contributed by atoms with Crippen LogP contribution in [0.25, 0.3) is 0 Å². The Morgan fingerprint density at radius 2 is 1.56 bits per heavy atom. The molecule has 0 aliphatic heterocycles. The number of amides is 2. The lowest BCUT2D eigenvalue weighted by Crippen LogP contribution is -2.43. The van der Waals surface area contributed by atoms with Crippen LogP contribution in [0, 0.1) is 0 Å². The highest BCUT2D eigenvalue weighted by molar-refractivity contribution is 6.35. The summed E-state index contributed by atoms with van der Waals surface area (Å²) >= 11 is 17.5. The van der Waals surface area contributed by atoms with Crippen LogP contribution in [0.5, 0.6) is 5.75 Å². The van der Waals surface area contributed by atoms with Gasteiger partial charge in [0.15, 0.2) is 6.61 Å². The standard InChI is InChI=1S/C17H13Cl3N2O5/c1-26-14-5-3-10(19)7-12(14)16(24)22-21-15(23)8-27-17(25)11-6-9(18)2-4-13(11)20/h2-7H,8H2,1H3,(H,21,23)(H,22,24). The maximum absolute atomic E-state index is 12.1. The third kappa shape index (κ3) is 5.75. The summed E-state index contributed by atoms with van der Waals surface area (Å²) in [6.07, 6.45) is 0. The molecule has 0 atom stereocenters. The minimum Gasteiger partial charge on any atom is -0.496 e. The number of halogens is 3. The van der Waals surface area contributed by atoms with Crippen LogP contribution in [0.15, 0.2) is 36.4 Å². The molecule has 0 saturated heterocycles. The maximum Gasteiger partial charge on any atom is 0.340 e. The van der Waals surface area contributed by atoms with E-state index >= 15 is 0 Å². The highest BCUT2D eigenvalue weighted by Crippen LogP contribution is 2.22. The van der Waals surface area contributed by atoms with Gasteiger partial charge < -0.3 is 9.47 Å². The predicted octanol–water partition coefficient (Wildman–Crippen LogP) is 3.27. The molecule has 2 rings (SSSR count). The first kappa shape index (κ1) is 20.8. The summed E-state index contributed by atoms with van der Waals surface area (Å²) < 4.78 is 9.89. The Bertz CT molecular complexity index is 889. The van der Waals surface area contributed by atoms with Gasteiger partial charge in [0.05, 0.1) is 23.3 Å². The number of methoxy groups -OCH3 is 1. The molecule has 0 saturated carbocycles. The molecule has 0 heterocycles. The highest BCUT2D eigenvalue weighted by atomic mass is 35.5. The predicted molar refractivity (Wildman–Crippen MR) is 100 cm³/mol. The second kappa shape index (κ2) is 9.45. The maximum atomic E-state index is 12.1. The van der Waals surface area contributed by atoms with E-state index in [1.165, 1.54) is 37.4 Å². The van der Waals surface area contributed by atoms with Gasteiger partial charge >= 0.3 is 5.97 Å². The Kier molecular flexibility index (Phi) is 7.29. The van der Waals surface area contributed by atoms with Crippen LogP contribution in [0.1, 0.15) is 20.7 Å². The van der Waals surface area contributed by atoms with Crippen LogP contribution in [-0.4, -0.2) is 31.5 Å². The molecule has 0 aromatic heterocycles. The first-order chi connectivity index (χ1) is 12.8.